The van der Waals surface area contributed by atoms with Crippen molar-refractivity contribution >= 4 is 29.1 Å². The Kier molecular flexibility index (Phi) is 7.70. The van der Waals surface area contributed by atoms with Gasteiger partial charge in [0.2, 0.25) is 0 Å². The summed E-state index contributed by atoms with van der Waals surface area (Å²) >= 11 is 1.26. The lowest BCUT2D eigenvalue weighted by Gasteiger charge is -2.25. The van der Waals surface area contributed by atoms with Crippen LogP contribution in [0.15, 0.2) is 99.9 Å². The summed E-state index contributed by atoms with van der Waals surface area (Å²) in [6, 6.07) is 22.2. The van der Waals surface area contributed by atoms with Crippen molar-refractivity contribution in [3.63, 3.8) is 0 Å². The summed E-state index contributed by atoms with van der Waals surface area (Å²) in [7, 11) is 1.33. The molecule has 40 heavy (non-hydrogen) atoms. The molecule has 0 unspecified atom stereocenters. The Bertz CT molecular complexity index is 1790. The first-order chi connectivity index (χ1) is 19.4. The smallest absolute Gasteiger partial charge is 0.338 e. The Labute approximate surface area is 233 Å². The number of carbonyl (C=O) groups is 1. The summed E-state index contributed by atoms with van der Waals surface area (Å²) < 4.78 is 13.0. The maximum atomic E-state index is 13.8. The molecule has 3 aromatic carbocycles. The first-order valence-electron chi connectivity index (χ1n) is 12.5. The summed E-state index contributed by atoms with van der Waals surface area (Å²) in [4.78, 5) is 42.3. The van der Waals surface area contributed by atoms with Gasteiger partial charge in [-0.2, -0.15) is 0 Å². The van der Waals surface area contributed by atoms with E-state index in [1.807, 2.05) is 55.5 Å². The molecule has 1 aliphatic heterocycles. The number of aromatic nitrogens is 1. The Morgan fingerprint density at radius 2 is 1.85 bits per heavy atom. The van der Waals surface area contributed by atoms with E-state index < -0.39 is 16.9 Å². The van der Waals surface area contributed by atoms with Crippen molar-refractivity contribution in [3.05, 3.63) is 137 Å². The second kappa shape index (κ2) is 11.5. The number of nitro groups is 1. The maximum Gasteiger partial charge on any atom is 0.338 e. The van der Waals surface area contributed by atoms with E-state index in [0.29, 0.717) is 32.8 Å². The van der Waals surface area contributed by atoms with Crippen molar-refractivity contribution in [3.8, 4) is 5.75 Å². The molecule has 10 heteroatoms. The van der Waals surface area contributed by atoms with E-state index in [1.165, 1.54) is 30.6 Å². The maximum absolute atomic E-state index is 13.8. The largest absolute Gasteiger partial charge is 0.489 e. The van der Waals surface area contributed by atoms with Gasteiger partial charge in [0.1, 0.15) is 12.4 Å². The number of non-ortho nitro benzene ring substituents is 1. The summed E-state index contributed by atoms with van der Waals surface area (Å²) in [6.45, 7) is 2.15. The number of hydrogen-bond acceptors (Lipinski definition) is 8. The van der Waals surface area contributed by atoms with Gasteiger partial charge in [0, 0.05) is 12.1 Å². The highest BCUT2D eigenvalue weighted by molar-refractivity contribution is 7.07. The van der Waals surface area contributed by atoms with Gasteiger partial charge in [0.15, 0.2) is 4.80 Å². The van der Waals surface area contributed by atoms with Gasteiger partial charge >= 0.3 is 5.97 Å². The molecule has 0 radical (unpaired) electrons. The topological polar surface area (TPSA) is 113 Å². The van der Waals surface area contributed by atoms with Crippen molar-refractivity contribution in [1.82, 2.24) is 4.57 Å². The summed E-state index contributed by atoms with van der Waals surface area (Å²) in [5.74, 6) is 0.0740. The van der Waals surface area contributed by atoms with Crippen LogP contribution < -0.4 is 19.6 Å². The molecule has 0 aliphatic carbocycles. The van der Waals surface area contributed by atoms with Crippen molar-refractivity contribution in [1.29, 1.82) is 0 Å². The van der Waals surface area contributed by atoms with Crippen molar-refractivity contribution in [2.24, 2.45) is 4.99 Å². The van der Waals surface area contributed by atoms with Crippen LogP contribution in [0.4, 0.5) is 5.69 Å². The zero-order valence-electron chi connectivity index (χ0n) is 21.8. The number of methoxy groups -OCH3 is 1. The fourth-order valence-electron chi connectivity index (χ4n) is 4.54. The van der Waals surface area contributed by atoms with Crippen molar-refractivity contribution in [2.45, 2.75) is 26.0 Å². The van der Waals surface area contributed by atoms with E-state index in [1.54, 1.807) is 28.8 Å². The van der Waals surface area contributed by atoms with Crippen LogP contribution in [0.3, 0.4) is 0 Å². The number of nitro benzene ring substituents is 1. The zero-order valence-corrected chi connectivity index (χ0v) is 22.6. The summed E-state index contributed by atoms with van der Waals surface area (Å²) in [5, 5.41) is 10.9. The number of thiazole rings is 1. The molecule has 0 amide bonds. The molecule has 4 aromatic rings. The third-order valence-corrected chi connectivity index (χ3v) is 7.46. The highest BCUT2D eigenvalue weighted by atomic mass is 32.1. The fraction of sp³-hybridized carbons (Fsp3) is 0.167. The van der Waals surface area contributed by atoms with Gasteiger partial charge in [-0.15, -0.1) is 0 Å². The van der Waals surface area contributed by atoms with Crippen molar-refractivity contribution < 1.29 is 19.2 Å². The number of ether oxygens (including phenoxy) is 2. The molecule has 0 saturated carbocycles. The van der Waals surface area contributed by atoms with Gasteiger partial charge in [-0.3, -0.25) is 19.5 Å². The predicted molar refractivity (Wildman–Crippen MR) is 151 cm³/mol. The third kappa shape index (κ3) is 5.34. The number of hydrogen-bond donors (Lipinski definition) is 0. The number of fused-ring (bicyclic) bond motifs is 1. The Morgan fingerprint density at radius 1 is 1.10 bits per heavy atom. The molecule has 0 N–H and O–H groups in total. The minimum Gasteiger partial charge on any atom is -0.489 e. The molecular weight excluding hydrogens is 530 g/mol. The molecule has 0 spiro atoms. The highest BCUT2D eigenvalue weighted by Crippen LogP contribution is 2.31. The zero-order chi connectivity index (χ0) is 28.2. The van der Waals surface area contributed by atoms with Gasteiger partial charge in [0.05, 0.1) is 33.9 Å². The van der Waals surface area contributed by atoms with Gasteiger partial charge in [-0.05, 0) is 53.5 Å². The van der Waals surface area contributed by atoms with Gasteiger partial charge in [-0.25, -0.2) is 9.79 Å². The second-order valence-corrected chi connectivity index (χ2v) is 9.99. The van der Waals surface area contributed by atoms with Crippen LogP contribution in [0.25, 0.3) is 6.08 Å². The molecule has 5 rings (SSSR count). The first kappa shape index (κ1) is 26.8. The minimum absolute atomic E-state index is 0.0199. The van der Waals surface area contributed by atoms with Crippen LogP contribution in [0.1, 0.15) is 36.1 Å². The van der Waals surface area contributed by atoms with E-state index in [9.17, 15) is 19.7 Å². The molecule has 0 bridgehead atoms. The predicted octanol–water partition coefficient (Wildman–Crippen LogP) is 4.29. The van der Waals surface area contributed by atoms with E-state index in [0.717, 1.165) is 16.7 Å². The van der Waals surface area contributed by atoms with Gasteiger partial charge < -0.3 is 9.47 Å². The molecule has 1 aliphatic rings. The van der Waals surface area contributed by atoms with Gasteiger partial charge in [0.25, 0.3) is 11.2 Å². The quantitative estimate of drug-likeness (QED) is 0.182. The standard InChI is InChI=1S/C30H25N3O6S/c1-3-24-26(29(35)38-2)27(21-9-5-4-6-10-21)32-28(34)25(40-30(32)31-24)17-20-8-7-11-23(16-20)39-18-19-12-14-22(15-13-19)33(36)37/h4-17,27H,3,18H2,1-2H3/b25-17+/t27-/m1/s1. The molecule has 0 fully saturated rings. The van der Waals surface area contributed by atoms with Crippen LogP contribution in [0.2, 0.25) is 0 Å². The first-order valence-corrected chi connectivity index (χ1v) is 13.4. The van der Waals surface area contributed by atoms with E-state index in [4.69, 9.17) is 9.47 Å². The number of nitrogens with zero attached hydrogens (tertiary/aromatic N) is 3. The van der Waals surface area contributed by atoms with Gasteiger partial charge in [-0.1, -0.05) is 60.7 Å². The summed E-state index contributed by atoms with van der Waals surface area (Å²) in [5.41, 5.74) is 3.05. The van der Waals surface area contributed by atoms with Crippen LogP contribution in [0.5, 0.6) is 5.75 Å². The fourth-order valence-corrected chi connectivity index (χ4v) is 5.56. The molecule has 1 atom stereocenters. The van der Waals surface area contributed by atoms with Crippen LogP contribution in [-0.4, -0.2) is 22.6 Å². The average molecular weight is 556 g/mol. The molecule has 1 aromatic heterocycles. The number of esters is 1. The average Bonchev–Trinajstić information content (AvgIpc) is 3.29. The lowest BCUT2D eigenvalue weighted by molar-refractivity contribution is -0.384. The van der Waals surface area contributed by atoms with E-state index in [-0.39, 0.29) is 17.9 Å². The summed E-state index contributed by atoms with van der Waals surface area (Å²) in [6.07, 6.45) is 2.28. The van der Waals surface area contributed by atoms with E-state index in [2.05, 4.69) is 4.99 Å². The Hall–Kier alpha value is -4.83. The third-order valence-electron chi connectivity index (χ3n) is 6.47. The van der Waals surface area contributed by atoms with Crippen LogP contribution in [-0.2, 0) is 16.1 Å². The van der Waals surface area contributed by atoms with Crippen molar-refractivity contribution in [2.75, 3.05) is 7.11 Å². The molecule has 2 heterocycles. The molecule has 202 valence electrons. The number of benzene rings is 3. The molecular formula is C30H25N3O6S. The van der Waals surface area contributed by atoms with Crippen LogP contribution in [0, 0.1) is 10.1 Å². The highest BCUT2D eigenvalue weighted by Gasteiger charge is 2.33. The number of carbonyl (C=O) groups excluding carboxylic acids is 1. The minimum atomic E-state index is -0.654. The lowest BCUT2D eigenvalue weighted by Crippen LogP contribution is -2.40. The Balaban J connectivity index is 1.50. The SMILES string of the molecule is CCC1=C(C(=O)OC)[C@@H](c2ccccc2)n2c(s/c(=C/c3cccc(OCc4ccc([N+](=O)[O-])cc4)c3)c2=O)=N1. The molecule has 9 nitrogen and oxygen atoms in total. The lowest BCUT2D eigenvalue weighted by atomic mass is 9.95. The van der Waals surface area contributed by atoms with E-state index >= 15 is 0 Å². The number of rotatable bonds is 8. The monoisotopic (exact) mass is 555 g/mol. The second-order valence-electron chi connectivity index (χ2n) is 8.98. The van der Waals surface area contributed by atoms with Crippen LogP contribution >= 0.6 is 11.3 Å². The number of allylic oxidation sites excluding steroid dienone is 1. The Morgan fingerprint density at radius 3 is 2.52 bits per heavy atom. The molecule has 0 saturated heterocycles. The normalized spacial score (nSPS) is 14.8.